The molecule has 1 heterocycles. The van der Waals surface area contributed by atoms with Crippen LogP contribution in [0.1, 0.15) is 5.56 Å². The lowest BCUT2D eigenvalue weighted by Crippen LogP contribution is -2.01. The Bertz CT molecular complexity index is 1090. The lowest BCUT2D eigenvalue weighted by molar-refractivity contribution is 0.349. The molecule has 0 bridgehead atoms. The highest BCUT2D eigenvalue weighted by Crippen LogP contribution is 2.42. The number of nitrogen functional groups attached to an aromatic ring is 1. The lowest BCUT2D eigenvalue weighted by Gasteiger charge is -2.16. The molecule has 148 valence electrons. The van der Waals surface area contributed by atoms with Crippen molar-refractivity contribution in [2.24, 2.45) is 0 Å². The first kappa shape index (κ1) is 19.8. The van der Waals surface area contributed by atoms with E-state index < -0.39 is 0 Å². The van der Waals surface area contributed by atoms with Gasteiger partial charge < -0.3 is 24.7 Å². The second-order valence-corrected chi connectivity index (χ2v) is 6.07. The summed E-state index contributed by atoms with van der Waals surface area (Å²) in [5.74, 6) is 2.35. The van der Waals surface area contributed by atoms with E-state index >= 15 is 0 Å². The minimum atomic E-state index is 0.125. The Labute approximate surface area is 169 Å². The molecule has 0 atom stereocenters. The number of nitrogens with zero attached hydrogens (tertiary/aromatic N) is 2. The van der Waals surface area contributed by atoms with E-state index in [0.29, 0.717) is 39.8 Å². The van der Waals surface area contributed by atoms with Gasteiger partial charge in [0.25, 0.3) is 0 Å². The zero-order chi connectivity index (χ0) is 21.0. The highest BCUT2D eigenvalue weighted by molar-refractivity contribution is 5.84. The van der Waals surface area contributed by atoms with Gasteiger partial charge in [0.15, 0.2) is 11.5 Å². The Kier molecular flexibility index (Phi) is 5.74. The van der Waals surface area contributed by atoms with Crippen LogP contribution in [0.3, 0.4) is 0 Å². The summed E-state index contributed by atoms with van der Waals surface area (Å²) in [5.41, 5.74) is 9.02. The molecule has 0 aliphatic carbocycles. The van der Waals surface area contributed by atoms with Crippen LogP contribution < -0.4 is 24.7 Å². The predicted molar refractivity (Wildman–Crippen MR) is 110 cm³/mol. The molecule has 3 rings (SSSR count). The molecule has 7 heteroatoms. The number of aromatic nitrogens is 1. The molecule has 1 aromatic heterocycles. The zero-order valence-corrected chi connectivity index (χ0v) is 16.6. The van der Waals surface area contributed by atoms with Crippen molar-refractivity contribution < 1.29 is 18.9 Å². The van der Waals surface area contributed by atoms with Crippen LogP contribution in [0.5, 0.6) is 23.0 Å². The van der Waals surface area contributed by atoms with E-state index in [9.17, 15) is 5.26 Å². The Morgan fingerprint density at radius 1 is 0.828 bits per heavy atom. The molecule has 0 fully saturated rings. The van der Waals surface area contributed by atoms with E-state index in [1.807, 2.05) is 24.3 Å². The van der Waals surface area contributed by atoms with Gasteiger partial charge in [0, 0.05) is 22.8 Å². The Hall–Kier alpha value is -3.92. The van der Waals surface area contributed by atoms with Gasteiger partial charge >= 0.3 is 0 Å². The Morgan fingerprint density at radius 3 is 2.14 bits per heavy atom. The van der Waals surface area contributed by atoms with Crippen LogP contribution >= 0.6 is 0 Å². The fraction of sp³-hybridized carbons (Fsp3) is 0.182. The average molecular weight is 391 g/mol. The molecule has 0 aliphatic heterocycles. The van der Waals surface area contributed by atoms with Crippen molar-refractivity contribution in [3.63, 3.8) is 0 Å². The third-order valence-corrected chi connectivity index (χ3v) is 4.52. The van der Waals surface area contributed by atoms with Crippen molar-refractivity contribution in [3.05, 3.63) is 48.0 Å². The van der Waals surface area contributed by atoms with Crippen LogP contribution in [0, 0.1) is 11.3 Å². The molecule has 0 saturated heterocycles. The number of rotatable bonds is 6. The predicted octanol–water partition coefficient (Wildman–Crippen LogP) is 3.90. The monoisotopic (exact) mass is 391 g/mol. The molecule has 0 amide bonds. The van der Waals surface area contributed by atoms with Crippen LogP contribution in [-0.2, 0) is 0 Å². The van der Waals surface area contributed by atoms with Gasteiger partial charge in [0.2, 0.25) is 0 Å². The summed E-state index contributed by atoms with van der Waals surface area (Å²) in [6.45, 7) is 0. The standard InChI is InChI=1S/C22H21N3O4/c1-26-14-7-5-6-13(8-14)18-9-15(17(12-23)22(24)25-18)16-10-20(28-3)21(29-4)11-19(16)27-2/h5-11H,1-4H3,(H2,24,25). The normalized spacial score (nSPS) is 10.2. The van der Waals surface area contributed by atoms with Crippen molar-refractivity contribution in [2.75, 3.05) is 34.2 Å². The third-order valence-electron chi connectivity index (χ3n) is 4.52. The minimum Gasteiger partial charge on any atom is -0.497 e. The number of nitrogens with two attached hydrogens (primary N) is 1. The first-order chi connectivity index (χ1) is 14.1. The number of ether oxygens (including phenoxy) is 4. The Morgan fingerprint density at radius 2 is 1.52 bits per heavy atom. The molecule has 0 radical (unpaired) electrons. The van der Waals surface area contributed by atoms with E-state index in [2.05, 4.69) is 11.1 Å². The number of nitriles is 1. The molecule has 0 saturated carbocycles. The fourth-order valence-corrected chi connectivity index (χ4v) is 3.06. The smallest absolute Gasteiger partial charge is 0.164 e. The molecule has 7 nitrogen and oxygen atoms in total. The second kappa shape index (κ2) is 8.40. The summed E-state index contributed by atoms with van der Waals surface area (Å²) < 4.78 is 21.6. The van der Waals surface area contributed by atoms with Crippen LogP contribution in [0.25, 0.3) is 22.4 Å². The molecule has 2 N–H and O–H groups in total. The molecule has 29 heavy (non-hydrogen) atoms. The lowest BCUT2D eigenvalue weighted by atomic mass is 9.97. The number of methoxy groups -OCH3 is 4. The summed E-state index contributed by atoms with van der Waals surface area (Å²) in [7, 11) is 6.23. The largest absolute Gasteiger partial charge is 0.497 e. The molecule has 2 aromatic carbocycles. The average Bonchev–Trinajstić information content (AvgIpc) is 2.77. The van der Waals surface area contributed by atoms with E-state index in [1.165, 1.54) is 0 Å². The number of benzene rings is 2. The van der Waals surface area contributed by atoms with Crippen molar-refractivity contribution in [3.8, 4) is 51.5 Å². The van der Waals surface area contributed by atoms with Crippen molar-refractivity contribution in [2.45, 2.75) is 0 Å². The van der Waals surface area contributed by atoms with Crippen LogP contribution in [-0.4, -0.2) is 33.4 Å². The maximum absolute atomic E-state index is 9.71. The van der Waals surface area contributed by atoms with E-state index in [0.717, 1.165) is 5.56 Å². The van der Waals surface area contributed by atoms with E-state index in [-0.39, 0.29) is 11.4 Å². The van der Waals surface area contributed by atoms with Crippen LogP contribution in [0.15, 0.2) is 42.5 Å². The highest BCUT2D eigenvalue weighted by Gasteiger charge is 2.20. The van der Waals surface area contributed by atoms with Gasteiger partial charge in [-0.25, -0.2) is 4.98 Å². The third kappa shape index (κ3) is 3.73. The summed E-state index contributed by atoms with van der Waals surface area (Å²) in [4.78, 5) is 4.41. The Balaban J connectivity index is 2.29. The van der Waals surface area contributed by atoms with Crippen molar-refractivity contribution in [1.82, 2.24) is 4.98 Å². The first-order valence-electron chi connectivity index (χ1n) is 8.71. The molecular formula is C22H21N3O4. The van der Waals surface area contributed by atoms with E-state index in [4.69, 9.17) is 24.7 Å². The van der Waals surface area contributed by atoms with Gasteiger partial charge in [-0.05, 0) is 24.3 Å². The molecule has 0 unspecified atom stereocenters. The molecule has 3 aromatic rings. The van der Waals surface area contributed by atoms with Crippen molar-refractivity contribution in [1.29, 1.82) is 5.26 Å². The van der Waals surface area contributed by atoms with Crippen LogP contribution in [0.2, 0.25) is 0 Å². The van der Waals surface area contributed by atoms with Gasteiger partial charge in [-0.15, -0.1) is 0 Å². The molecular weight excluding hydrogens is 370 g/mol. The summed E-state index contributed by atoms with van der Waals surface area (Å²) in [6.07, 6.45) is 0. The highest BCUT2D eigenvalue weighted by atomic mass is 16.5. The van der Waals surface area contributed by atoms with E-state index in [1.54, 1.807) is 46.6 Å². The van der Waals surface area contributed by atoms with Crippen molar-refractivity contribution >= 4 is 5.82 Å². The van der Waals surface area contributed by atoms with Gasteiger partial charge in [-0.3, -0.25) is 0 Å². The number of hydrogen-bond donors (Lipinski definition) is 1. The summed E-state index contributed by atoms with van der Waals surface area (Å²) >= 11 is 0. The second-order valence-electron chi connectivity index (χ2n) is 6.07. The number of pyridine rings is 1. The fourth-order valence-electron chi connectivity index (χ4n) is 3.06. The van der Waals surface area contributed by atoms with Gasteiger partial charge in [0.1, 0.15) is 28.9 Å². The summed E-state index contributed by atoms with van der Waals surface area (Å²) in [6, 6.07) is 14.8. The maximum atomic E-state index is 9.71. The van der Waals surface area contributed by atoms with Gasteiger partial charge in [-0.1, -0.05) is 12.1 Å². The number of hydrogen-bond acceptors (Lipinski definition) is 7. The zero-order valence-electron chi connectivity index (χ0n) is 16.6. The van der Waals surface area contributed by atoms with Gasteiger partial charge in [-0.2, -0.15) is 5.26 Å². The van der Waals surface area contributed by atoms with Crippen LogP contribution in [0.4, 0.5) is 5.82 Å². The van der Waals surface area contributed by atoms with Gasteiger partial charge in [0.05, 0.1) is 34.1 Å². The molecule has 0 spiro atoms. The minimum absolute atomic E-state index is 0.125. The maximum Gasteiger partial charge on any atom is 0.164 e. The SMILES string of the molecule is COc1cccc(-c2cc(-c3cc(OC)c(OC)cc3OC)c(C#N)c(N)n2)c1. The number of anilines is 1. The summed E-state index contributed by atoms with van der Waals surface area (Å²) in [5, 5.41) is 9.71. The topological polar surface area (TPSA) is 99.6 Å². The molecule has 0 aliphatic rings. The first-order valence-corrected chi connectivity index (χ1v) is 8.71. The quantitative estimate of drug-likeness (QED) is 0.680.